The molecule has 10 heteroatoms. The first-order valence-corrected chi connectivity index (χ1v) is 13.1. The van der Waals surface area contributed by atoms with Crippen LogP contribution in [-0.2, 0) is 9.47 Å². The molecule has 0 radical (unpaired) electrons. The number of anilines is 2. The lowest BCUT2D eigenvalue weighted by Gasteiger charge is -2.41. The summed E-state index contributed by atoms with van der Waals surface area (Å²) in [4.78, 5) is 28.6. The van der Waals surface area contributed by atoms with E-state index in [0.29, 0.717) is 31.8 Å². The van der Waals surface area contributed by atoms with Gasteiger partial charge in [-0.3, -0.25) is 4.57 Å². The number of fused-ring (bicyclic) bond motifs is 1. The molecule has 10 nitrogen and oxygen atoms in total. The molecule has 4 heterocycles. The highest BCUT2D eigenvalue weighted by Crippen LogP contribution is 2.38. The highest BCUT2D eigenvalue weighted by atomic mass is 16.6. The summed E-state index contributed by atoms with van der Waals surface area (Å²) < 4.78 is 13.5. The third kappa shape index (κ3) is 5.11. The molecule has 0 unspecified atom stereocenters. The molecule has 0 N–H and O–H groups in total. The molecule has 2 fully saturated rings. The van der Waals surface area contributed by atoms with Gasteiger partial charge in [0.05, 0.1) is 35.4 Å². The predicted molar refractivity (Wildman–Crippen MR) is 146 cm³/mol. The van der Waals surface area contributed by atoms with E-state index >= 15 is 0 Å². The molecule has 38 heavy (non-hydrogen) atoms. The molecule has 2 aliphatic rings. The van der Waals surface area contributed by atoms with Gasteiger partial charge in [0.25, 0.3) is 0 Å². The second-order valence-corrected chi connectivity index (χ2v) is 11.0. The smallest absolute Gasteiger partial charge is 0.410 e. The average Bonchev–Trinajstić information content (AvgIpc) is 3.28. The maximum Gasteiger partial charge on any atom is 0.410 e. The molecule has 1 aromatic carbocycles. The third-order valence-corrected chi connectivity index (χ3v) is 6.93. The Labute approximate surface area is 223 Å². The van der Waals surface area contributed by atoms with Crippen LogP contribution in [0.2, 0.25) is 0 Å². The molecular formula is C28H35N7O3. The maximum absolute atomic E-state index is 12.7. The second kappa shape index (κ2) is 10.1. The molecular weight excluding hydrogens is 482 g/mol. The van der Waals surface area contributed by atoms with E-state index in [1.54, 1.807) is 17.3 Å². The van der Waals surface area contributed by atoms with Gasteiger partial charge in [-0.2, -0.15) is 5.26 Å². The van der Waals surface area contributed by atoms with Gasteiger partial charge < -0.3 is 24.2 Å². The number of rotatable bonds is 3. The van der Waals surface area contributed by atoms with Crippen molar-refractivity contribution in [1.82, 2.24) is 19.4 Å². The lowest BCUT2D eigenvalue weighted by Crippen LogP contribution is -2.55. The monoisotopic (exact) mass is 517 g/mol. The molecule has 0 saturated carbocycles. The Bertz CT molecular complexity index is 1370. The van der Waals surface area contributed by atoms with E-state index in [1.165, 1.54) is 0 Å². The second-order valence-electron chi connectivity index (χ2n) is 11.0. The Kier molecular flexibility index (Phi) is 6.88. The highest BCUT2D eigenvalue weighted by molar-refractivity contribution is 6.01. The van der Waals surface area contributed by atoms with Crippen LogP contribution in [0.4, 0.5) is 16.3 Å². The lowest BCUT2D eigenvalue weighted by atomic mass is 10.1. The van der Waals surface area contributed by atoms with Crippen molar-refractivity contribution in [3.05, 3.63) is 42.4 Å². The number of nitrogens with zero attached hydrogens (tertiary/aromatic N) is 7. The lowest BCUT2D eigenvalue weighted by molar-refractivity contribution is 0.0218. The molecule has 2 saturated heterocycles. The first-order chi connectivity index (χ1) is 18.1. The number of aromatic nitrogens is 3. The Hall–Kier alpha value is -3.84. The van der Waals surface area contributed by atoms with Crippen LogP contribution >= 0.6 is 0 Å². The molecule has 2 aromatic heterocycles. The summed E-state index contributed by atoms with van der Waals surface area (Å²) in [6.07, 6.45) is 3.51. The zero-order valence-electron chi connectivity index (χ0n) is 22.7. The third-order valence-electron chi connectivity index (χ3n) is 6.93. The number of piperazine rings is 1. The van der Waals surface area contributed by atoms with E-state index in [4.69, 9.17) is 19.4 Å². The Morgan fingerprint density at radius 1 is 1.16 bits per heavy atom. The van der Waals surface area contributed by atoms with Crippen LogP contribution in [0.3, 0.4) is 0 Å². The molecule has 0 aliphatic carbocycles. The first kappa shape index (κ1) is 25.8. The number of ether oxygens (including phenoxy) is 2. The minimum atomic E-state index is -0.535. The molecule has 2 aliphatic heterocycles. The molecule has 200 valence electrons. The van der Waals surface area contributed by atoms with E-state index in [9.17, 15) is 10.1 Å². The number of benzene rings is 1. The van der Waals surface area contributed by atoms with Crippen LogP contribution in [0.15, 0.2) is 36.8 Å². The molecule has 5 rings (SSSR count). The molecule has 0 spiro atoms. The number of nitriles is 1. The van der Waals surface area contributed by atoms with E-state index in [0.717, 1.165) is 41.3 Å². The van der Waals surface area contributed by atoms with E-state index in [1.807, 2.05) is 43.5 Å². The van der Waals surface area contributed by atoms with Crippen LogP contribution in [0.25, 0.3) is 16.7 Å². The van der Waals surface area contributed by atoms with Crippen LogP contribution in [0.1, 0.15) is 40.2 Å². The van der Waals surface area contributed by atoms with Gasteiger partial charge in [-0.25, -0.2) is 14.8 Å². The van der Waals surface area contributed by atoms with Gasteiger partial charge in [0.15, 0.2) is 5.65 Å². The normalized spacial score (nSPS) is 20.5. The van der Waals surface area contributed by atoms with Crippen molar-refractivity contribution in [2.24, 2.45) is 0 Å². The van der Waals surface area contributed by atoms with Crippen molar-refractivity contribution >= 4 is 28.6 Å². The van der Waals surface area contributed by atoms with E-state index in [2.05, 4.69) is 35.9 Å². The van der Waals surface area contributed by atoms with Crippen LogP contribution < -0.4 is 9.80 Å². The summed E-state index contributed by atoms with van der Waals surface area (Å²) in [6, 6.07) is 9.79. The van der Waals surface area contributed by atoms with Crippen LogP contribution in [0.5, 0.6) is 0 Å². The van der Waals surface area contributed by atoms with Gasteiger partial charge in [0.1, 0.15) is 17.7 Å². The van der Waals surface area contributed by atoms with Crippen molar-refractivity contribution in [3.8, 4) is 11.8 Å². The highest BCUT2D eigenvalue weighted by Gasteiger charge is 2.33. The minimum Gasteiger partial charge on any atom is -0.444 e. The van der Waals surface area contributed by atoms with Crippen molar-refractivity contribution in [2.75, 3.05) is 49.1 Å². The molecule has 1 amide bonds. The fourth-order valence-corrected chi connectivity index (χ4v) is 5.21. The standard InChI is InChI=1S/C28H35N7O3/c1-19-15-33(27(36)38-28(3,4)5)9-10-34(19)25-24-23(32-11-12-37-20(2)16-32)17-35(26(24)31-18-30-25)22-8-6-7-21(13-22)14-29/h6-8,13,17-20H,9-12,15-16H2,1-5H3/t19-,20+/m0/s1. The van der Waals surface area contributed by atoms with E-state index in [-0.39, 0.29) is 18.2 Å². The number of carbonyl (C=O) groups excluding carboxylic acids is 1. The summed E-state index contributed by atoms with van der Waals surface area (Å²) in [5.74, 6) is 0.843. The summed E-state index contributed by atoms with van der Waals surface area (Å²) in [7, 11) is 0. The Balaban J connectivity index is 1.56. The van der Waals surface area contributed by atoms with Gasteiger partial charge in [-0.05, 0) is 52.8 Å². The minimum absolute atomic E-state index is 0.0242. The van der Waals surface area contributed by atoms with Gasteiger partial charge in [-0.15, -0.1) is 0 Å². The van der Waals surface area contributed by atoms with Crippen molar-refractivity contribution in [3.63, 3.8) is 0 Å². The zero-order valence-corrected chi connectivity index (χ0v) is 22.7. The summed E-state index contributed by atoms with van der Waals surface area (Å²) in [6.45, 7) is 13.7. The Morgan fingerprint density at radius 3 is 2.68 bits per heavy atom. The number of morpholine rings is 1. The predicted octanol–water partition coefficient (Wildman–Crippen LogP) is 3.96. The molecule has 3 aromatic rings. The largest absolute Gasteiger partial charge is 0.444 e. The average molecular weight is 518 g/mol. The SMILES string of the molecule is C[C@@H]1CN(c2cn(-c3cccc(C#N)c3)c3ncnc(N4CCN(C(=O)OC(C)(C)C)C[C@@H]4C)c23)CCO1. The van der Waals surface area contributed by atoms with Gasteiger partial charge in [0, 0.05) is 50.6 Å². The molecule has 2 atom stereocenters. The number of hydrogen-bond donors (Lipinski definition) is 0. The zero-order chi connectivity index (χ0) is 27.0. The summed E-state index contributed by atoms with van der Waals surface area (Å²) in [5.41, 5.74) is 2.74. The number of carbonyl (C=O) groups is 1. The molecule has 0 bridgehead atoms. The van der Waals surface area contributed by atoms with Crippen LogP contribution in [0, 0.1) is 11.3 Å². The fourth-order valence-electron chi connectivity index (χ4n) is 5.21. The van der Waals surface area contributed by atoms with Crippen molar-refractivity contribution in [1.29, 1.82) is 5.26 Å². The van der Waals surface area contributed by atoms with Crippen LogP contribution in [-0.4, -0.2) is 82.6 Å². The Morgan fingerprint density at radius 2 is 1.97 bits per heavy atom. The van der Waals surface area contributed by atoms with E-state index < -0.39 is 5.60 Å². The first-order valence-electron chi connectivity index (χ1n) is 13.1. The maximum atomic E-state index is 12.7. The van der Waals surface area contributed by atoms with Gasteiger partial charge >= 0.3 is 6.09 Å². The number of hydrogen-bond acceptors (Lipinski definition) is 8. The topological polar surface area (TPSA) is 99.8 Å². The van der Waals surface area contributed by atoms with Gasteiger partial charge in [-0.1, -0.05) is 6.07 Å². The quantitative estimate of drug-likeness (QED) is 0.515. The summed E-state index contributed by atoms with van der Waals surface area (Å²) in [5, 5.41) is 10.4. The van der Waals surface area contributed by atoms with Gasteiger partial charge in [0.2, 0.25) is 0 Å². The van der Waals surface area contributed by atoms with Crippen molar-refractivity contribution in [2.45, 2.75) is 52.4 Å². The number of amides is 1. The van der Waals surface area contributed by atoms with Crippen molar-refractivity contribution < 1.29 is 14.3 Å². The summed E-state index contributed by atoms with van der Waals surface area (Å²) >= 11 is 0. The fraction of sp³-hybridized carbons (Fsp3) is 0.500.